The van der Waals surface area contributed by atoms with Gasteiger partial charge in [0.05, 0.1) is 35.3 Å². The topological polar surface area (TPSA) is 97.4 Å². The zero-order valence-electron chi connectivity index (χ0n) is 13.4. The van der Waals surface area contributed by atoms with Gasteiger partial charge in [-0.15, -0.1) is 11.3 Å². The Hall–Kier alpha value is -1.97. The molecule has 0 fully saturated rings. The van der Waals surface area contributed by atoms with Crippen molar-refractivity contribution in [2.45, 2.75) is 31.3 Å². The molecule has 1 amide bonds. The van der Waals surface area contributed by atoms with Crippen molar-refractivity contribution in [2.75, 3.05) is 6.61 Å². The summed E-state index contributed by atoms with van der Waals surface area (Å²) in [6.07, 6.45) is 0. The van der Waals surface area contributed by atoms with Crippen molar-refractivity contribution in [3.05, 3.63) is 40.8 Å². The molecule has 0 saturated heterocycles. The molecule has 130 valence electrons. The molecule has 1 aromatic carbocycles. The SMILES string of the molecule is CCOc1ccc(S(=O)(=O)N[C@@H](C)C(=O)NCc2cscn2)cc1. The molecule has 0 aliphatic carbocycles. The summed E-state index contributed by atoms with van der Waals surface area (Å²) in [6, 6.07) is 5.12. The Balaban J connectivity index is 1.95. The highest BCUT2D eigenvalue weighted by Gasteiger charge is 2.22. The van der Waals surface area contributed by atoms with Crippen LogP contribution < -0.4 is 14.8 Å². The van der Waals surface area contributed by atoms with E-state index in [1.54, 1.807) is 17.6 Å². The Morgan fingerprint density at radius 1 is 1.33 bits per heavy atom. The first kappa shape index (κ1) is 18.4. The van der Waals surface area contributed by atoms with E-state index in [0.717, 1.165) is 5.69 Å². The zero-order valence-corrected chi connectivity index (χ0v) is 15.0. The van der Waals surface area contributed by atoms with Gasteiger partial charge in [-0.3, -0.25) is 4.79 Å². The van der Waals surface area contributed by atoms with Crippen LogP contribution in [0, 0.1) is 0 Å². The Labute approximate surface area is 145 Å². The number of sulfonamides is 1. The lowest BCUT2D eigenvalue weighted by atomic mass is 10.3. The number of thiazole rings is 1. The molecule has 1 aromatic heterocycles. The molecule has 1 heterocycles. The number of hydrogen-bond donors (Lipinski definition) is 2. The Morgan fingerprint density at radius 2 is 2.04 bits per heavy atom. The third-order valence-electron chi connectivity index (χ3n) is 3.10. The largest absolute Gasteiger partial charge is 0.494 e. The molecule has 0 radical (unpaired) electrons. The third kappa shape index (κ3) is 5.02. The fraction of sp³-hybridized carbons (Fsp3) is 0.333. The summed E-state index contributed by atoms with van der Waals surface area (Å²) in [5, 5.41) is 4.46. The molecule has 0 unspecified atom stereocenters. The van der Waals surface area contributed by atoms with E-state index >= 15 is 0 Å². The Morgan fingerprint density at radius 3 is 2.62 bits per heavy atom. The van der Waals surface area contributed by atoms with Gasteiger partial charge in [-0.1, -0.05) is 0 Å². The quantitative estimate of drug-likeness (QED) is 0.735. The van der Waals surface area contributed by atoms with E-state index in [0.29, 0.717) is 12.4 Å². The van der Waals surface area contributed by atoms with E-state index < -0.39 is 22.0 Å². The lowest BCUT2D eigenvalue weighted by molar-refractivity contribution is -0.122. The average molecular weight is 369 g/mol. The number of ether oxygens (including phenoxy) is 1. The fourth-order valence-electron chi connectivity index (χ4n) is 1.89. The third-order valence-corrected chi connectivity index (χ3v) is 5.29. The smallest absolute Gasteiger partial charge is 0.241 e. The molecular weight excluding hydrogens is 350 g/mol. The van der Waals surface area contributed by atoms with Crippen LogP contribution in [0.15, 0.2) is 40.1 Å². The van der Waals surface area contributed by atoms with Crippen LogP contribution in [0.25, 0.3) is 0 Å². The number of nitrogens with zero attached hydrogens (tertiary/aromatic N) is 1. The van der Waals surface area contributed by atoms with Crippen molar-refractivity contribution in [1.82, 2.24) is 15.0 Å². The van der Waals surface area contributed by atoms with Crippen LogP contribution in [0.5, 0.6) is 5.75 Å². The van der Waals surface area contributed by atoms with Gasteiger partial charge in [0.1, 0.15) is 5.75 Å². The molecular formula is C15H19N3O4S2. The summed E-state index contributed by atoms with van der Waals surface area (Å²) in [6.45, 7) is 4.10. The first-order chi connectivity index (χ1) is 11.4. The predicted octanol–water partition coefficient (Wildman–Crippen LogP) is 1.52. The highest BCUT2D eigenvalue weighted by Crippen LogP contribution is 2.16. The molecule has 24 heavy (non-hydrogen) atoms. The molecule has 0 spiro atoms. The number of carbonyl (C=O) groups is 1. The normalized spacial score (nSPS) is 12.6. The molecule has 0 aliphatic heterocycles. The molecule has 9 heteroatoms. The van der Waals surface area contributed by atoms with Crippen LogP contribution in [-0.2, 0) is 21.4 Å². The summed E-state index contributed by atoms with van der Waals surface area (Å²) < 4.78 is 32.2. The van der Waals surface area contributed by atoms with Crippen molar-refractivity contribution >= 4 is 27.3 Å². The number of carbonyl (C=O) groups excluding carboxylic acids is 1. The van der Waals surface area contributed by atoms with Crippen LogP contribution in [-0.4, -0.2) is 32.0 Å². The molecule has 0 aliphatic rings. The van der Waals surface area contributed by atoms with Gasteiger partial charge in [0.25, 0.3) is 0 Å². The second-order valence-electron chi connectivity index (χ2n) is 4.94. The number of nitrogens with one attached hydrogen (secondary N) is 2. The highest BCUT2D eigenvalue weighted by molar-refractivity contribution is 7.89. The minimum absolute atomic E-state index is 0.0742. The van der Waals surface area contributed by atoms with Crippen molar-refractivity contribution in [3.8, 4) is 5.75 Å². The van der Waals surface area contributed by atoms with Gasteiger partial charge >= 0.3 is 0 Å². The summed E-state index contributed by atoms with van der Waals surface area (Å²) in [5.41, 5.74) is 2.40. The lowest BCUT2D eigenvalue weighted by Gasteiger charge is -2.14. The Bertz CT molecular complexity index is 759. The highest BCUT2D eigenvalue weighted by atomic mass is 32.2. The molecule has 0 bridgehead atoms. The maximum atomic E-state index is 12.3. The second-order valence-corrected chi connectivity index (χ2v) is 7.38. The number of benzene rings is 1. The summed E-state index contributed by atoms with van der Waals surface area (Å²) in [5.74, 6) is 0.169. The Kier molecular flexibility index (Phi) is 6.29. The molecule has 0 saturated carbocycles. The minimum atomic E-state index is -3.79. The maximum absolute atomic E-state index is 12.3. The van der Waals surface area contributed by atoms with Gasteiger partial charge in [-0.25, -0.2) is 13.4 Å². The summed E-state index contributed by atoms with van der Waals surface area (Å²) >= 11 is 1.43. The van der Waals surface area contributed by atoms with Gasteiger partial charge in [-0.2, -0.15) is 4.72 Å². The predicted molar refractivity (Wildman–Crippen MR) is 91.4 cm³/mol. The molecule has 7 nitrogen and oxygen atoms in total. The van der Waals surface area contributed by atoms with Crippen molar-refractivity contribution in [1.29, 1.82) is 0 Å². The van der Waals surface area contributed by atoms with Crippen molar-refractivity contribution in [2.24, 2.45) is 0 Å². The van der Waals surface area contributed by atoms with Gasteiger partial charge in [-0.05, 0) is 38.1 Å². The number of amides is 1. The van der Waals surface area contributed by atoms with E-state index in [1.165, 1.54) is 30.4 Å². The van der Waals surface area contributed by atoms with E-state index in [1.807, 2.05) is 12.3 Å². The number of hydrogen-bond acceptors (Lipinski definition) is 6. The summed E-state index contributed by atoms with van der Waals surface area (Å²) in [4.78, 5) is 16.1. The van der Waals surface area contributed by atoms with E-state index in [9.17, 15) is 13.2 Å². The first-order valence-corrected chi connectivity index (χ1v) is 9.75. The van der Waals surface area contributed by atoms with E-state index in [2.05, 4.69) is 15.0 Å². The lowest BCUT2D eigenvalue weighted by Crippen LogP contribution is -2.44. The number of rotatable bonds is 8. The van der Waals surface area contributed by atoms with Gasteiger partial charge in [0, 0.05) is 5.38 Å². The summed E-state index contributed by atoms with van der Waals surface area (Å²) in [7, 11) is -3.79. The fourth-order valence-corrected chi connectivity index (χ4v) is 3.65. The van der Waals surface area contributed by atoms with Crippen LogP contribution in [0.2, 0.25) is 0 Å². The average Bonchev–Trinajstić information content (AvgIpc) is 3.06. The standard InChI is InChI=1S/C15H19N3O4S2/c1-3-22-13-4-6-14(7-5-13)24(20,21)18-11(2)15(19)16-8-12-9-23-10-17-12/h4-7,9-11,18H,3,8H2,1-2H3,(H,16,19)/t11-/m0/s1. The second kappa shape index (κ2) is 8.22. The van der Waals surface area contributed by atoms with Crippen molar-refractivity contribution in [3.63, 3.8) is 0 Å². The molecule has 2 N–H and O–H groups in total. The first-order valence-electron chi connectivity index (χ1n) is 7.32. The maximum Gasteiger partial charge on any atom is 0.241 e. The van der Waals surface area contributed by atoms with Gasteiger partial charge < -0.3 is 10.1 Å². The molecule has 2 rings (SSSR count). The van der Waals surface area contributed by atoms with Crippen LogP contribution >= 0.6 is 11.3 Å². The van der Waals surface area contributed by atoms with Crippen LogP contribution in [0.4, 0.5) is 0 Å². The van der Waals surface area contributed by atoms with Gasteiger partial charge in [0.2, 0.25) is 15.9 Å². The van der Waals surface area contributed by atoms with Crippen LogP contribution in [0.3, 0.4) is 0 Å². The minimum Gasteiger partial charge on any atom is -0.494 e. The van der Waals surface area contributed by atoms with E-state index in [4.69, 9.17) is 4.74 Å². The van der Waals surface area contributed by atoms with Crippen molar-refractivity contribution < 1.29 is 17.9 Å². The molecule has 2 aromatic rings. The monoisotopic (exact) mass is 369 g/mol. The van der Waals surface area contributed by atoms with Gasteiger partial charge in [0.15, 0.2) is 0 Å². The number of aromatic nitrogens is 1. The zero-order chi connectivity index (χ0) is 17.6. The molecule has 1 atom stereocenters. The van der Waals surface area contributed by atoms with E-state index in [-0.39, 0.29) is 11.4 Å². The van der Waals surface area contributed by atoms with Crippen LogP contribution in [0.1, 0.15) is 19.5 Å².